The lowest BCUT2D eigenvalue weighted by Gasteiger charge is -2.07. The maximum atomic E-state index is 12.2. The standard InChI is InChI=1S/C11H14N4O3S2/c1-7-3-9(18-2)14-11(13-7)15-20(16,17)10-4-8(5-12)6-19-10/h3-4,6H,5,12H2,1-2H3,(H,13,14,15). The molecule has 0 saturated carbocycles. The molecule has 2 rings (SSSR count). The lowest BCUT2D eigenvalue weighted by Crippen LogP contribution is -2.14. The number of sulfonamides is 1. The summed E-state index contributed by atoms with van der Waals surface area (Å²) >= 11 is 1.10. The van der Waals surface area contributed by atoms with E-state index >= 15 is 0 Å². The SMILES string of the molecule is COc1cc(C)nc(NS(=O)(=O)c2cc(CN)cs2)n1. The van der Waals surface area contributed by atoms with Crippen molar-refractivity contribution >= 4 is 27.3 Å². The van der Waals surface area contributed by atoms with E-state index in [0.29, 0.717) is 18.1 Å². The number of nitrogens with one attached hydrogen (secondary N) is 1. The Morgan fingerprint density at radius 3 is 2.75 bits per heavy atom. The summed E-state index contributed by atoms with van der Waals surface area (Å²) in [6.45, 7) is 2.01. The zero-order valence-electron chi connectivity index (χ0n) is 11.0. The molecule has 0 radical (unpaired) electrons. The second kappa shape index (κ2) is 5.73. The average Bonchev–Trinajstić information content (AvgIpc) is 2.87. The van der Waals surface area contributed by atoms with Crippen molar-refractivity contribution < 1.29 is 13.2 Å². The number of nitrogens with zero attached hydrogens (tertiary/aromatic N) is 2. The molecule has 0 aliphatic heterocycles. The van der Waals surface area contributed by atoms with Crippen LogP contribution in [0.15, 0.2) is 21.7 Å². The Bertz CT molecular complexity index is 712. The van der Waals surface area contributed by atoms with E-state index in [2.05, 4.69) is 14.7 Å². The van der Waals surface area contributed by atoms with E-state index in [1.807, 2.05) is 0 Å². The van der Waals surface area contributed by atoms with Crippen LogP contribution in [-0.2, 0) is 16.6 Å². The van der Waals surface area contributed by atoms with Crippen LogP contribution in [0.2, 0.25) is 0 Å². The van der Waals surface area contributed by atoms with Crippen LogP contribution in [0.1, 0.15) is 11.3 Å². The van der Waals surface area contributed by atoms with E-state index in [0.717, 1.165) is 16.9 Å². The molecule has 0 aromatic carbocycles. The van der Waals surface area contributed by atoms with Gasteiger partial charge in [0.25, 0.3) is 10.0 Å². The molecule has 2 aromatic rings. The predicted molar refractivity (Wildman–Crippen MR) is 76.3 cm³/mol. The number of thiophene rings is 1. The summed E-state index contributed by atoms with van der Waals surface area (Å²) in [6.07, 6.45) is 0. The van der Waals surface area contributed by atoms with Gasteiger partial charge in [0.05, 0.1) is 7.11 Å². The highest BCUT2D eigenvalue weighted by Crippen LogP contribution is 2.22. The number of ether oxygens (including phenoxy) is 1. The average molecular weight is 314 g/mol. The third-order valence-electron chi connectivity index (χ3n) is 2.40. The van der Waals surface area contributed by atoms with Crippen molar-refractivity contribution in [3.05, 3.63) is 28.8 Å². The van der Waals surface area contributed by atoms with Gasteiger partial charge in [-0.3, -0.25) is 0 Å². The quantitative estimate of drug-likeness (QED) is 0.856. The lowest BCUT2D eigenvalue weighted by atomic mass is 10.4. The Morgan fingerprint density at radius 2 is 2.15 bits per heavy atom. The van der Waals surface area contributed by atoms with E-state index in [1.54, 1.807) is 18.4 Å². The summed E-state index contributed by atoms with van der Waals surface area (Å²) in [4.78, 5) is 7.96. The summed E-state index contributed by atoms with van der Waals surface area (Å²) < 4.78 is 31.8. The number of rotatable bonds is 5. The van der Waals surface area contributed by atoms with Gasteiger partial charge >= 0.3 is 0 Å². The largest absolute Gasteiger partial charge is 0.481 e. The van der Waals surface area contributed by atoms with Gasteiger partial charge in [-0.1, -0.05) is 0 Å². The highest BCUT2D eigenvalue weighted by molar-refractivity contribution is 7.94. The zero-order valence-corrected chi connectivity index (χ0v) is 12.6. The normalized spacial score (nSPS) is 11.3. The molecule has 0 aliphatic carbocycles. The van der Waals surface area contributed by atoms with Crippen LogP contribution in [0.25, 0.3) is 0 Å². The molecule has 108 valence electrons. The van der Waals surface area contributed by atoms with E-state index < -0.39 is 10.0 Å². The Hall–Kier alpha value is -1.71. The van der Waals surface area contributed by atoms with Crippen molar-refractivity contribution in [2.45, 2.75) is 17.7 Å². The van der Waals surface area contributed by atoms with Gasteiger partial charge in [0.2, 0.25) is 11.8 Å². The number of nitrogens with two attached hydrogens (primary N) is 1. The van der Waals surface area contributed by atoms with Crippen molar-refractivity contribution in [2.24, 2.45) is 5.73 Å². The topological polar surface area (TPSA) is 107 Å². The van der Waals surface area contributed by atoms with Crippen molar-refractivity contribution in [3.8, 4) is 5.88 Å². The van der Waals surface area contributed by atoms with Crippen molar-refractivity contribution in [2.75, 3.05) is 11.8 Å². The zero-order chi connectivity index (χ0) is 14.8. The number of aromatic nitrogens is 2. The minimum Gasteiger partial charge on any atom is -0.481 e. The monoisotopic (exact) mass is 314 g/mol. The van der Waals surface area contributed by atoms with Gasteiger partial charge < -0.3 is 10.5 Å². The molecular formula is C11H14N4O3S2. The minimum absolute atomic E-state index is 0.0236. The second-order valence-electron chi connectivity index (χ2n) is 3.96. The first-order valence-corrected chi connectivity index (χ1v) is 8.01. The Kier molecular flexibility index (Phi) is 4.21. The van der Waals surface area contributed by atoms with Gasteiger partial charge in [0.1, 0.15) is 4.21 Å². The minimum atomic E-state index is -3.71. The highest BCUT2D eigenvalue weighted by atomic mass is 32.2. The maximum Gasteiger partial charge on any atom is 0.273 e. The molecular weight excluding hydrogens is 300 g/mol. The number of hydrogen-bond donors (Lipinski definition) is 2. The van der Waals surface area contributed by atoms with Gasteiger partial charge in [-0.2, -0.15) is 4.98 Å². The molecule has 9 heteroatoms. The van der Waals surface area contributed by atoms with Crippen LogP contribution >= 0.6 is 11.3 Å². The van der Waals surface area contributed by atoms with Crippen LogP contribution in [0.5, 0.6) is 5.88 Å². The third-order valence-corrected chi connectivity index (χ3v) is 5.21. The fourth-order valence-electron chi connectivity index (χ4n) is 1.46. The summed E-state index contributed by atoms with van der Waals surface area (Å²) in [7, 11) is -2.26. The van der Waals surface area contributed by atoms with E-state index in [-0.39, 0.29) is 10.2 Å². The molecule has 2 heterocycles. The molecule has 3 N–H and O–H groups in total. The molecule has 0 saturated heterocycles. The fourth-order valence-corrected chi connectivity index (χ4v) is 3.63. The predicted octanol–water partition coefficient (Wildman–Crippen LogP) is 1.11. The lowest BCUT2D eigenvalue weighted by molar-refractivity contribution is 0.397. The van der Waals surface area contributed by atoms with Crippen molar-refractivity contribution in [3.63, 3.8) is 0 Å². The van der Waals surface area contributed by atoms with Gasteiger partial charge in [-0.15, -0.1) is 11.3 Å². The third kappa shape index (κ3) is 3.24. The van der Waals surface area contributed by atoms with Crippen LogP contribution in [0, 0.1) is 6.92 Å². The smallest absolute Gasteiger partial charge is 0.273 e. The first kappa shape index (κ1) is 14.7. The number of aryl methyl sites for hydroxylation is 1. The maximum absolute atomic E-state index is 12.2. The molecule has 0 spiro atoms. The Balaban J connectivity index is 2.30. The summed E-state index contributed by atoms with van der Waals surface area (Å²) in [6, 6.07) is 3.13. The van der Waals surface area contributed by atoms with E-state index in [9.17, 15) is 8.42 Å². The van der Waals surface area contributed by atoms with Gasteiger partial charge in [-0.25, -0.2) is 18.1 Å². The number of hydrogen-bond acceptors (Lipinski definition) is 7. The van der Waals surface area contributed by atoms with Crippen LogP contribution < -0.4 is 15.2 Å². The molecule has 0 aliphatic rings. The fraction of sp³-hybridized carbons (Fsp3) is 0.273. The van der Waals surface area contributed by atoms with Crippen LogP contribution in [0.3, 0.4) is 0 Å². The molecule has 20 heavy (non-hydrogen) atoms. The molecule has 0 bridgehead atoms. The van der Waals surface area contributed by atoms with Gasteiger partial charge in [0.15, 0.2) is 0 Å². The van der Waals surface area contributed by atoms with Gasteiger partial charge in [0, 0.05) is 18.3 Å². The van der Waals surface area contributed by atoms with Crippen molar-refractivity contribution in [1.82, 2.24) is 9.97 Å². The van der Waals surface area contributed by atoms with Crippen LogP contribution in [-0.4, -0.2) is 25.5 Å². The molecule has 0 unspecified atom stereocenters. The second-order valence-corrected chi connectivity index (χ2v) is 6.78. The van der Waals surface area contributed by atoms with Crippen LogP contribution in [0.4, 0.5) is 5.95 Å². The molecule has 0 atom stereocenters. The summed E-state index contributed by atoms with van der Waals surface area (Å²) in [5.74, 6) is 0.272. The summed E-state index contributed by atoms with van der Waals surface area (Å²) in [5, 5.41) is 1.70. The van der Waals surface area contributed by atoms with Crippen molar-refractivity contribution in [1.29, 1.82) is 0 Å². The molecule has 7 nitrogen and oxygen atoms in total. The summed E-state index contributed by atoms with van der Waals surface area (Å²) in [5.41, 5.74) is 6.83. The first-order chi connectivity index (χ1) is 9.44. The number of methoxy groups -OCH3 is 1. The van der Waals surface area contributed by atoms with E-state index in [4.69, 9.17) is 10.5 Å². The Morgan fingerprint density at radius 1 is 1.40 bits per heavy atom. The number of anilines is 1. The molecule has 0 amide bonds. The molecule has 0 fully saturated rings. The first-order valence-electron chi connectivity index (χ1n) is 5.64. The molecule has 2 aromatic heterocycles. The Labute approximate surface area is 120 Å². The van der Waals surface area contributed by atoms with E-state index in [1.165, 1.54) is 13.2 Å². The van der Waals surface area contributed by atoms with Gasteiger partial charge in [-0.05, 0) is 23.9 Å². The highest BCUT2D eigenvalue weighted by Gasteiger charge is 2.18.